The molecule has 110 valence electrons. The molecule has 0 radical (unpaired) electrons. The lowest BCUT2D eigenvalue weighted by atomic mass is 9.99. The third-order valence-corrected chi connectivity index (χ3v) is 4.22. The summed E-state index contributed by atoms with van der Waals surface area (Å²) in [7, 11) is 0. The summed E-state index contributed by atoms with van der Waals surface area (Å²) in [5.41, 5.74) is 1.03. The Labute approximate surface area is 123 Å². The highest BCUT2D eigenvalue weighted by atomic mass is 32.2. The molecule has 1 aromatic rings. The van der Waals surface area contributed by atoms with Crippen molar-refractivity contribution < 1.29 is 9.90 Å². The standard InChI is InChI=1S/C14H21N3O2S/c1-9-8-10(2)16-13(15-9)20-7-6-14(3,12(18)19)17-11-4-5-11/h8,11,17H,4-7H2,1-3H3,(H,18,19). The van der Waals surface area contributed by atoms with Gasteiger partial charge in [0.15, 0.2) is 5.16 Å². The van der Waals surface area contributed by atoms with E-state index in [0.29, 0.717) is 18.2 Å². The number of rotatable bonds is 7. The number of carboxylic acids is 1. The second kappa shape index (κ2) is 6.10. The summed E-state index contributed by atoms with van der Waals surface area (Å²) >= 11 is 1.51. The van der Waals surface area contributed by atoms with E-state index >= 15 is 0 Å². The average Bonchev–Trinajstić information content (AvgIpc) is 3.11. The lowest BCUT2D eigenvalue weighted by Crippen LogP contribution is -2.50. The number of thioether (sulfide) groups is 1. The number of aromatic nitrogens is 2. The van der Waals surface area contributed by atoms with Crippen molar-refractivity contribution in [1.29, 1.82) is 0 Å². The molecule has 1 unspecified atom stereocenters. The summed E-state index contributed by atoms with van der Waals surface area (Å²) in [6, 6.07) is 2.30. The second-order valence-corrected chi connectivity index (χ2v) is 6.65. The highest BCUT2D eigenvalue weighted by molar-refractivity contribution is 7.99. The topological polar surface area (TPSA) is 75.1 Å². The molecule has 0 aromatic carbocycles. The Kier molecular flexibility index (Phi) is 4.65. The zero-order chi connectivity index (χ0) is 14.8. The van der Waals surface area contributed by atoms with Crippen LogP contribution in [0.15, 0.2) is 11.2 Å². The van der Waals surface area contributed by atoms with E-state index in [1.54, 1.807) is 6.92 Å². The minimum Gasteiger partial charge on any atom is -0.480 e. The predicted octanol–water partition coefficient (Wildman–Crippen LogP) is 2.17. The van der Waals surface area contributed by atoms with Crippen molar-refractivity contribution in [3.63, 3.8) is 0 Å². The van der Waals surface area contributed by atoms with Crippen LogP contribution in [0.4, 0.5) is 0 Å². The molecule has 0 aliphatic heterocycles. The van der Waals surface area contributed by atoms with Gasteiger partial charge in [-0.2, -0.15) is 0 Å². The normalized spacial score (nSPS) is 17.8. The Morgan fingerprint density at radius 2 is 2.05 bits per heavy atom. The van der Waals surface area contributed by atoms with Crippen LogP contribution in [0.3, 0.4) is 0 Å². The number of nitrogens with one attached hydrogen (secondary N) is 1. The fraction of sp³-hybridized carbons (Fsp3) is 0.643. The molecule has 1 aromatic heterocycles. The van der Waals surface area contributed by atoms with E-state index in [0.717, 1.165) is 29.4 Å². The van der Waals surface area contributed by atoms with Crippen LogP contribution in [0.1, 0.15) is 37.6 Å². The molecule has 1 atom stereocenters. The summed E-state index contributed by atoms with van der Waals surface area (Å²) < 4.78 is 0. The van der Waals surface area contributed by atoms with Crippen molar-refractivity contribution in [1.82, 2.24) is 15.3 Å². The number of aliphatic carboxylic acids is 1. The van der Waals surface area contributed by atoms with Gasteiger partial charge in [-0.15, -0.1) is 0 Å². The first-order valence-electron chi connectivity index (χ1n) is 6.85. The van der Waals surface area contributed by atoms with Crippen LogP contribution in [0.5, 0.6) is 0 Å². The Hall–Kier alpha value is -1.14. The minimum absolute atomic E-state index is 0.374. The molecule has 0 amide bonds. The van der Waals surface area contributed by atoms with Crippen LogP contribution < -0.4 is 5.32 Å². The fourth-order valence-electron chi connectivity index (χ4n) is 2.02. The third kappa shape index (κ3) is 4.18. The molecule has 1 heterocycles. The first-order chi connectivity index (χ1) is 9.39. The molecular formula is C14H21N3O2S. The number of carbonyl (C=O) groups is 1. The summed E-state index contributed by atoms with van der Waals surface area (Å²) in [6.07, 6.45) is 2.71. The van der Waals surface area contributed by atoms with E-state index in [2.05, 4.69) is 15.3 Å². The SMILES string of the molecule is Cc1cc(C)nc(SCCC(C)(NC2CC2)C(=O)O)n1. The van der Waals surface area contributed by atoms with Gasteiger partial charge in [0.25, 0.3) is 0 Å². The van der Waals surface area contributed by atoms with E-state index < -0.39 is 11.5 Å². The van der Waals surface area contributed by atoms with Crippen molar-refractivity contribution in [2.45, 2.75) is 56.8 Å². The van der Waals surface area contributed by atoms with Crippen LogP contribution >= 0.6 is 11.8 Å². The summed E-state index contributed by atoms with van der Waals surface area (Å²) in [5, 5.41) is 13.3. The fourth-order valence-corrected chi connectivity index (χ4v) is 3.13. The summed E-state index contributed by atoms with van der Waals surface area (Å²) in [6.45, 7) is 5.64. The largest absolute Gasteiger partial charge is 0.480 e. The van der Waals surface area contributed by atoms with Gasteiger partial charge in [-0.3, -0.25) is 10.1 Å². The first kappa shape index (κ1) is 15.3. The molecule has 6 heteroatoms. The van der Waals surface area contributed by atoms with E-state index in [9.17, 15) is 9.90 Å². The zero-order valence-corrected chi connectivity index (χ0v) is 13.0. The van der Waals surface area contributed by atoms with Crippen LogP contribution in [-0.2, 0) is 4.79 Å². The van der Waals surface area contributed by atoms with Crippen LogP contribution in [-0.4, -0.2) is 38.4 Å². The number of aryl methyl sites for hydroxylation is 2. The van der Waals surface area contributed by atoms with Gasteiger partial charge in [0.2, 0.25) is 0 Å². The molecule has 0 saturated heterocycles. The summed E-state index contributed by atoms with van der Waals surface area (Å²) in [5.74, 6) is -0.0999. The van der Waals surface area contributed by atoms with Gasteiger partial charge in [-0.25, -0.2) is 9.97 Å². The molecular weight excluding hydrogens is 274 g/mol. The lowest BCUT2D eigenvalue weighted by molar-refractivity contribution is -0.144. The van der Waals surface area contributed by atoms with E-state index in [-0.39, 0.29) is 0 Å². The van der Waals surface area contributed by atoms with E-state index in [1.165, 1.54) is 11.8 Å². The van der Waals surface area contributed by atoms with Gasteiger partial charge in [0, 0.05) is 23.2 Å². The molecule has 5 nitrogen and oxygen atoms in total. The molecule has 0 bridgehead atoms. The Morgan fingerprint density at radius 1 is 1.45 bits per heavy atom. The quantitative estimate of drug-likeness (QED) is 0.593. The molecule has 1 aliphatic carbocycles. The Bertz CT molecular complexity index is 485. The smallest absolute Gasteiger partial charge is 0.323 e. The Morgan fingerprint density at radius 3 is 2.55 bits per heavy atom. The van der Waals surface area contributed by atoms with E-state index in [1.807, 2.05) is 19.9 Å². The second-order valence-electron chi connectivity index (χ2n) is 5.59. The van der Waals surface area contributed by atoms with Crippen LogP contribution in [0.2, 0.25) is 0 Å². The third-order valence-electron chi connectivity index (χ3n) is 3.37. The number of hydrogen-bond donors (Lipinski definition) is 2. The van der Waals surface area contributed by atoms with Gasteiger partial charge in [0.1, 0.15) is 5.54 Å². The minimum atomic E-state index is -0.854. The molecule has 1 saturated carbocycles. The van der Waals surface area contributed by atoms with Crippen molar-refractivity contribution >= 4 is 17.7 Å². The highest BCUT2D eigenvalue weighted by Crippen LogP contribution is 2.26. The molecule has 20 heavy (non-hydrogen) atoms. The van der Waals surface area contributed by atoms with Gasteiger partial charge >= 0.3 is 5.97 Å². The van der Waals surface area contributed by atoms with Crippen LogP contribution in [0, 0.1) is 13.8 Å². The van der Waals surface area contributed by atoms with Gasteiger partial charge in [0.05, 0.1) is 0 Å². The number of hydrogen-bond acceptors (Lipinski definition) is 5. The molecule has 2 rings (SSSR count). The first-order valence-corrected chi connectivity index (χ1v) is 7.84. The molecule has 1 fully saturated rings. The van der Waals surface area contributed by atoms with Crippen molar-refractivity contribution in [2.24, 2.45) is 0 Å². The number of nitrogens with zero attached hydrogens (tertiary/aromatic N) is 2. The maximum absolute atomic E-state index is 11.4. The Balaban J connectivity index is 1.90. The summed E-state index contributed by atoms with van der Waals surface area (Å²) in [4.78, 5) is 20.1. The monoisotopic (exact) mass is 295 g/mol. The number of carboxylic acid groups (broad SMARTS) is 1. The maximum Gasteiger partial charge on any atom is 0.323 e. The van der Waals surface area contributed by atoms with Gasteiger partial charge in [-0.05, 0) is 46.1 Å². The van der Waals surface area contributed by atoms with E-state index in [4.69, 9.17) is 0 Å². The van der Waals surface area contributed by atoms with Crippen LogP contribution in [0.25, 0.3) is 0 Å². The lowest BCUT2D eigenvalue weighted by Gasteiger charge is -2.26. The van der Waals surface area contributed by atoms with Gasteiger partial charge in [-0.1, -0.05) is 11.8 Å². The van der Waals surface area contributed by atoms with Crippen molar-refractivity contribution in [2.75, 3.05) is 5.75 Å². The van der Waals surface area contributed by atoms with Crippen molar-refractivity contribution in [3.8, 4) is 0 Å². The zero-order valence-electron chi connectivity index (χ0n) is 12.1. The molecule has 0 spiro atoms. The molecule has 1 aliphatic rings. The maximum atomic E-state index is 11.4. The average molecular weight is 295 g/mol. The molecule has 2 N–H and O–H groups in total. The van der Waals surface area contributed by atoms with Gasteiger partial charge < -0.3 is 5.11 Å². The predicted molar refractivity (Wildman–Crippen MR) is 79.0 cm³/mol. The highest BCUT2D eigenvalue weighted by Gasteiger charge is 2.38. The van der Waals surface area contributed by atoms with Crippen molar-refractivity contribution in [3.05, 3.63) is 17.5 Å².